The van der Waals surface area contributed by atoms with Gasteiger partial charge in [-0.3, -0.25) is 13.9 Å². The van der Waals surface area contributed by atoms with E-state index in [4.69, 9.17) is 9.47 Å². The number of ether oxygens (including phenoxy) is 2. The van der Waals surface area contributed by atoms with Crippen LogP contribution in [0, 0.1) is 0 Å². The van der Waals surface area contributed by atoms with Gasteiger partial charge in [-0.15, -0.1) is 0 Å². The highest BCUT2D eigenvalue weighted by atomic mass is 32.2. The summed E-state index contributed by atoms with van der Waals surface area (Å²) in [6, 6.07) is 18.9. The summed E-state index contributed by atoms with van der Waals surface area (Å²) in [5.41, 5.74) is 0.742. The second-order valence-corrected chi connectivity index (χ2v) is 10.1. The number of carbonyl (C=O) groups is 2. The average Bonchev–Trinajstić information content (AvgIpc) is 2.91. The molecule has 0 heterocycles. The average molecular weight is 526 g/mol. The Morgan fingerprint density at radius 1 is 0.919 bits per heavy atom. The Morgan fingerprint density at radius 3 is 2.22 bits per heavy atom. The van der Waals surface area contributed by atoms with Crippen LogP contribution < -0.4 is 24.4 Å². The number of nitrogens with one attached hydrogen (secondary N) is 2. The van der Waals surface area contributed by atoms with Crippen LogP contribution >= 0.6 is 0 Å². The van der Waals surface area contributed by atoms with Crippen LogP contribution in [0.3, 0.4) is 0 Å². The number of hydrogen-bond acceptors (Lipinski definition) is 6. The molecule has 0 aromatic heterocycles. The molecule has 0 aliphatic carbocycles. The lowest BCUT2D eigenvalue weighted by molar-refractivity contribution is -0.114. The van der Waals surface area contributed by atoms with Crippen LogP contribution in [0.4, 0.5) is 11.4 Å². The van der Waals surface area contributed by atoms with E-state index in [0.717, 1.165) is 10.7 Å². The van der Waals surface area contributed by atoms with Crippen LogP contribution in [0.25, 0.3) is 0 Å². The van der Waals surface area contributed by atoms with Gasteiger partial charge in [0.1, 0.15) is 18.0 Å². The Balaban J connectivity index is 1.96. The van der Waals surface area contributed by atoms with Gasteiger partial charge in [-0.2, -0.15) is 0 Å². The molecule has 1 atom stereocenters. The molecule has 0 fully saturated rings. The standard InChI is InChI=1S/C27H31N3O6S/c1-5-19(2)28-27(32)22-10-6-7-11-23(22)29-26(31)18-30(24-12-8-9-13-25(24)36-4)37(33,34)21-16-14-20(35-3)15-17-21/h6-17,19H,5,18H2,1-4H3,(H,28,32)(H,29,31). The third-order valence-corrected chi connectivity index (χ3v) is 7.50. The molecule has 196 valence electrons. The fraction of sp³-hybridized carbons (Fsp3) is 0.259. The molecule has 2 N–H and O–H groups in total. The third-order valence-electron chi connectivity index (χ3n) is 5.72. The first-order valence-electron chi connectivity index (χ1n) is 11.7. The summed E-state index contributed by atoms with van der Waals surface area (Å²) in [5.74, 6) is -0.196. The molecular formula is C27H31N3O6S. The molecule has 0 radical (unpaired) electrons. The predicted octanol–water partition coefficient (Wildman–Crippen LogP) is 4.07. The number of hydrogen-bond donors (Lipinski definition) is 2. The SMILES string of the molecule is CCC(C)NC(=O)c1ccccc1NC(=O)CN(c1ccccc1OC)S(=O)(=O)c1ccc(OC)cc1. The van der Waals surface area contributed by atoms with Gasteiger partial charge >= 0.3 is 0 Å². The smallest absolute Gasteiger partial charge is 0.264 e. The molecule has 1 unspecified atom stereocenters. The summed E-state index contributed by atoms with van der Waals surface area (Å²) in [7, 11) is -1.29. The maximum Gasteiger partial charge on any atom is 0.264 e. The van der Waals surface area contributed by atoms with Gasteiger partial charge < -0.3 is 20.1 Å². The molecule has 0 bridgehead atoms. The number of rotatable bonds is 11. The number of amides is 2. The normalized spacial score (nSPS) is 11.8. The number of benzene rings is 3. The number of nitrogens with zero attached hydrogens (tertiary/aromatic N) is 1. The van der Waals surface area contributed by atoms with Crippen LogP contribution in [-0.2, 0) is 14.8 Å². The van der Waals surface area contributed by atoms with E-state index < -0.39 is 22.5 Å². The molecule has 9 nitrogen and oxygen atoms in total. The lowest BCUT2D eigenvalue weighted by Crippen LogP contribution is -2.39. The summed E-state index contributed by atoms with van der Waals surface area (Å²) >= 11 is 0. The molecule has 0 saturated heterocycles. The Kier molecular flexibility index (Phi) is 9.13. The zero-order valence-corrected chi connectivity index (χ0v) is 22.0. The second-order valence-electron chi connectivity index (χ2n) is 8.24. The van der Waals surface area contributed by atoms with Crippen molar-refractivity contribution in [2.75, 3.05) is 30.4 Å². The Bertz CT molecular complexity index is 1340. The van der Waals surface area contributed by atoms with Crippen molar-refractivity contribution in [3.63, 3.8) is 0 Å². The van der Waals surface area contributed by atoms with Crippen molar-refractivity contribution in [1.82, 2.24) is 5.32 Å². The molecular weight excluding hydrogens is 494 g/mol. The molecule has 0 aliphatic heterocycles. The topological polar surface area (TPSA) is 114 Å². The van der Waals surface area contributed by atoms with E-state index >= 15 is 0 Å². The number of methoxy groups -OCH3 is 2. The zero-order valence-electron chi connectivity index (χ0n) is 21.2. The van der Waals surface area contributed by atoms with Crippen molar-refractivity contribution in [3.8, 4) is 11.5 Å². The highest BCUT2D eigenvalue weighted by Gasteiger charge is 2.30. The van der Waals surface area contributed by atoms with E-state index in [1.165, 1.54) is 38.5 Å². The van der Waals surface area contributed by atoms with E-state index in [0.29, 0.717) is 5.75 Å². The Hall–Kier alpha value is -4.05. The van der Waals surface area contributed by atoms with Gasteiger partial charge in [0.15, 0.2) is 0 Å². The largest absolute Gasteiger partial charge is 0.497 e. The highest BCUT2D eigenvalue weighted by Crippen LogP contribution is 2.32. The molecule has 3 rings (SSSR count). The molecule has 3 aromatic carbocycles. The molecule has 0 aliphatic rings. The van der Waals surface area contributed by atoms with Gasteiger partial charge in [0.05, 0.1) is 36.1 Å². The minimum absolute atomic E-state index is 0.0275. The van der Waals surface area contributed by atoms with Gasteiger partial charge in [0, 0.05) is 6.04 Å². The number of para-hydroxylation sites is 3. The molecule has 37 heavy (non-hydrogen) atoms. The van der Waals surface area contributed by atoms with Gasteiger partial charge in [-0.25, -0.2) is 8.42 Å². The first-order chi connectivity index (χ1) is 17.7. The first kappa shape index (κ1) is 27.5. The van der Waals surface area contributed by atoms with Gasteiger partial charge in [0.25, 0.3) is 15.9 Å². The minimum Gasteiger partial charge on any atom is -0.497 e. The van der Waals surface area contributed by atoms with Crippen LogP contribution in [0.1, 0.15) is 30.6 Å². The molecule has 0 spiro atoms. The fourth-order valence-corrected chi connectivity index (χ4v) is 4.96. The number of sulfonamides is 1. The van der Waals surface area contributed by atoms with Crippen molar-refractivity contribution in [3.05, 3.63) is 78.4 Å². The lowest BCUT2D eigenvalue weighted by Gasteiger charge is -2.26. The maximum atomic E-state index is 13.7. The zero-order chi connectivity index (χ0) is 27.0. The van der Waals surface area contributed by atoms with E-state index in [1.807, 2.05) is 13.8 Å². The summed E-state index contributed by atoms with van der Waals surface area (Å²) in [5, 5.41) is 5.57. The van der Waals surface area contributed by atoms with Gasteiger partial charge in [-0.1, -0.05) is 31.2 Å². The van der Waals surface area contributed by atoms with E-state index in [-0.39, 0.29) is 39.5 Å². The molecule has 2 amide bonds. The maximum absolute atomic E-state index is 13.7. The monoisotopic (exact) mass is 525 g/mol. The van der Waals surface area contributed by atoms with E-state index in [1.54, 1.807) is 48.5 Å². The number of anilines is 2. The quantitative estimate of drug-likeness (QED) is 0.390. The number of carbonyl (C=O) groups excluding carboxylic acids is 2. The summed E-state index contributed by atoms with van der Waals surface area (Å²) in [4.78, 5) is 25.9. The van der Waals surface area contributed by atoms with Crippen molar-refractivity contribution in [2.24, 2.45) is 0 Å². The van der Waals surface area contributed by atoms with Gasteiger partial charge in [0.2, 0.25) is 5.91 Å². The summed E-state index contributed by atoms with van der Waals surface area (Å²) in [6.45, 7) is 3.28. The molecule has 3 aromatic rings. The minimum atomic E-state index is -4.19. The summed E-state index contributed by atoms with van der Waals surface area (Å²) in [6.07, 6.45) is 0.747. The van der Waals surface area contributed by atoms with Gasteiger partial charge in [-0.05, 0) is 61.9 Å². The van der Waals surface area contributed by atoms with Crippen LogP contribution in [0.15, 0.2) is 77.7 Å². The van der Waals surface area contributed by atoms with Crippen LogP contribution in [0.2, 0.25) is 0 Å². The van der Waals surface area contributed by atoms with Crippen molar-refractivity contribution >= 4 is 33.2 Å². The van der Waals surface area contributed by atoms with E-state index in [2.05, 4.69) is 10.6 Å². The predicted molar refractivity (Wildman–Crippen MR) is 143 cm³/mol. The first-order valence-corrected chi connectivity index (χ1v) is 13.1. The molecule has 10 heteroatoms. The Morgan fingerprint density at radius 2 is 1.57 bits per heavy atom. The molecule has 0 saturated carbocycles. The van der Waals surface area contributed by atoms with Crippen LogP contribution in [0.5, 0.6) is 11.5 Å². The fourth-order valence-electron chi connectivity index (χ4n) is 3.52. The highest BCUT2D eigenvalue weighted by molar-refractivity contribution is 7.92. The van der Waals surface area contributed by atoms with Crippen molar-refractivity contribution < 1.29 is 27.5 Å². The third kappa shape index (κ3) is 6.59. The van der Waals surface area contributed by atoms with Crippen molar-refractivity contribution in [2.45, 2.75) is 31.2 Å². The Labute approximate surface area is 217 Å². The summed E-state index contributed by atoms with van der Waals surface area (Å²) < 4.78 is 38.9. The van der Waals surface area contributed by atoms with Crippen LogP contribution in [-0.4, -0.2) is 47.0 Å². The lowest BCUT2D eigenvalue weighted by atomic mass is 10.1. The second kappa shape index (κ2) is 12.3. The van der Waals surface area contributed by atoms with E-state index in [9.17, 15) is 18.0 Å². The van der Waals surface area contributed by atoms with Crippen molar-refractivity contribution in [1.29, 1.82) is 0 Å².